The van der Waals surface area contributed by atoms with Gasteiger partial charge >= 0.3 is 11.9 Å². The first-order chi connectivity index (χ1) is 6.88. The maximum Gasteiger partial charge on any atom is 0.323 e. The first kappa shape index (κ1) is 14.0. The average Bonchev–Trinajstić information content (AvgIpc) is 2.17. The lowest BCUT2D eigenvalue weighted by Crippen LogP contribution is -2.38. The van der Waals surface area contributed by atoms with Crippen molar-refractivity contribution >= 4 is 23.5 Å². The Labute approximate surface area is 93.9 Å². The van der Waals surface area contributed by atoms with Crippen LogP contribution in [-0.4, -0.2) is 23.7 Å². The summed E-state index contributed by atoms with van der Waals surface area (Å²) in [6.07, 6.45) is 0.0463. The van der Waals surface area contributed by atoms with Crippen LogP contribution in [0.4, 0.5) is 0 Å². The molecule has 1 atom stereocenters. The monoisotopic (exact) mass is 234 g/mol. The van der Waals surface area contributed by atoms with E-state index in [2.05, 4.69) is 0 Å². The Morgan fingerprint density at radius 3 is 2.40 bits per heavy atom. The highest BCUT2D eigenvalue weighted by Crippen LogP contribution is 2.28. The van der Waals surface area contributed by atoms with Gasteiger partial charge in [-0.1, -0.05) is 17.2 Å². The minimum Gasteiger partial charge on any atom is -0.480 e. The number of hydrogen-bond acceptors (Lipinski definition) is 3. The molecule has 86 valence electrons. The van der Waals surface area contributed by atoms with E-state index in [1.807, 2.05) is 0 Å². The Kier molecular flexibility index (Phi) is 5.36. The van der Waals surface area contributed by atoms with E-state index in [1.54, 1.807) is 13.8 Å². The van der Waals surface area contributed by atoms with E-state index in [0.717, 1.165) is 0 Å². The highest BCUT2D eigenvalue weighted by atomic mass is 35.5. The third kappa shape index (κ3) is 3.55. The van der Waals surface area contributed by atoms with Crippen LogP contribution in [0.5, 0.6) is 0 Å². The topological polar surface area (TPSA) is 63.6 Å². The van der Waals surface area contributed by atoms with Gasteiger partial charge in [0.2, 0.25) is 0 Å². The van der Waals surface area contributed by atoms with E-state index < -0.39 is 17.4 Å². The van der Waals surface area contributed by atoms with Crippen molar-refractivity contribution in [3.05, 3.63) is 11.1 Å². The van der Waals surface area contributed by atoms with Crippen molar-refractivity contribution in [2.45, 2.75) is 27.2 Å². The fourth-order valence-electron chi connectivity index (χ4n) is 1.12. The summed E-state index contributed by atoms with van der Waals surface area (Å²) in [4.78, 5) is 22.5. The molecule has 0 spiro atoms. The lowest BCUT2D eigenvalue weighted by molar-refractivity contribution is -0.167. The van der Waals surface area contributed by atoms with Gasteiger partial charge < -0.3 is 9.84 Å². The summed E-state index contributed by atoms with van der Waals surface area (Å²) in [6, 6.07) is 0. The Bertz CT molecular complexity index is 285. The first-order valence-electron chi connectivity index (χ1n) is 4.55. The Hall–Kier alpha value is -1.03. The molecule has 0 aromatic carbocycles. The fraction of sp³-hybridized carbons (Fsp3) is 0.600. The van der Waals surface area contributed by atoms with E-state index >= 15 is 0 Å². The minimum atomic E-state index is -1.56. The summed E-state index contributed by atoms with van der Waals surface area (Å²) in [5, 5.41) is 9.00. The zero-order chi connectivity index (χ0) is 12.1. The second-order valence-corrected chi connectivity index (χ2v) is 3.71. The van der Waals surface area contributed by atoms with Crippen LogP contribution in [0.15, 0.2) is 11.1 Å². The van der Waals surface area contributed by atoms with Gasteiger partial charge in [0.15, 0.2) is 5.41 Å². The number of carbonyl (C=O) groups excluding carboxylic acids is 1. The lowest BCUT2D eigenvalue weighted by atomic mass is 9.84. The van der Waals surface area contributed by atoms with E-state index in [1.165, 1.54) is 12.5 Å². The van der Waals surface area contributed by atoms with Gasteiger partial charge in [0.1, 0.15) is 0 Å². The maximum atomic E-state index is 11.5. The number of carbonyl (C=O) groups is 2. The molecule has 1 unspecified atom stereocenters. The molecule has 5 heteroatoms. The van der Waals surface area contributed by atoms with Crippen LogP contribution in [0.3, 0.4) is 0 Å². The molecule has 1 N–H and O–H groups in total. The number of esters is 1. The molecule has 0 rings (SSSR count). The SMILES string of the molecule is CCOC(=O)C(C)(CC(C)=CCl)C(=O)O. The van der Waals surface area contributed by atoms with E-state index in [-0.39, 0.29) is 13.0 Å². The van der Waals surface area contributed by atoms with Gasteiger partial charge in [-0.05, 0) is 27.2 Å². The molecule has 15 heavy (non-hydrogen) atoms. The molecule has 0 fully saturated rings. The number of carboxylic acids is 1. The summed E-state index contributed by atoms with van der Waals surface area (Å²) < 4.78 is 4.72. The molecule has 0 aromatic heterocycles. The van der Waals surface area contributed by atoms with Gasteiger partial charge in [0.05, 0.1) is 6.61 Å². The third-order valence-corrected chi connectivity index (χ3v) is 2.39. The normalized spacial score (nSPS) is 15.6. The van der Waals surface area contributed by atoms with Crippen LogP contribution in [0.1, 0.15) is 27.2 Å². The lowest BCUT2D eigenvalue weighted by Gasteiger charge is -2.22. The molecule has 0 heterocycles. The Morgan fingerprint density at radius 1 is 1.53 bits per heavy atom. The maximum absolute atomic E-state index is 11.5. The first-order valence-corrected chi connectivity index (χ1v) is 4.98. The molecule has 0 aliphatic rings. The van der Waals surface area contributed by atoms with Crippen molar-refractivity contribution in [3.8, 4) is 0 Å². The van der Waals surface area contributed by atoms with Crippen LogP contribution in [0.25, 0.3) is 0 Å². The third-order valence-electron chi connectivity index (χ3n) is 2.02. The van der Waals surface area contributed by atoms with Gasteiger partial charge in [-0.25, -0.2) is 0 Å². The number of halogens is 1. The minimum absolute atomic E-state index is 0.0463. The van der Waals surface area contributed by atoms with Gasteiger partial charge in [-0.3, -0.25) is 9.59 Å². The standard InChI is InChI=1S/C10H15ClO4/c1-4-15-9(14)10(3,8(12)13)5-7(2)6-11/h6H,4-5H2,1-3H3,(H,12,13). The number of ether oxygens (including phenoxy) is 1. The molecule has 0 amide bonds. The fourth-order valence-corrected chi connectivity index (χ4v) is 1.20. The van der Waals surface area contributed by atoms with Crippen LogP contribution in [0, 0.1) is 5.41 Å². The number of allylic oxidation sites excluding steroid dienone is 1. The summed E-state index contributed by atoms with van der Waals surface area (Å²) >= 11 is 5.44. The second-order valence-electron chi connectivity index (χ2n) is 3.49. The van der Waals surface area contributed by atoms with Crippen molar-refractivity contribution in [1.29, 1.82) is 0 Å². The van der Waals surface area contributed by atoms with Gasteiger partial charge in [0, 0.05) is 5.54 Å². The predicted octanol–water partition coefficient (Wildman–Crippen LogP) is 2.17. The van der Waals surface area contributed by atoms with E-state index in [0.29, 0.717) is 5.57 Å². The molecule has 0 bridgehead atoms. The smallest absolute Gasteiger partial charge is 0.323 e. The van der Waals surface area contributed by atoms with E-state index in [4.69, 9.17) is 21.4 Å². The van der Waals surface area contributed by atoms with Crippen molar-refractivity contribution in [2.24, 2.45) is 5.41 Å². The van der Waals surface area contributed by atoms with Crippen LogP contribution >= 0.6 is 11.6 Å². The number of hydrogen-bond donors (Lipinski definition) is 1. The average molecular weight is 235 g/mol. The van der Waals surface area contributed by atoms with E-state index in [9.17, 15) is 9.59 Å². The quantitative estimate of drug-likeness (QED) is 0.585. The molecule has 4 nitrogen and oxygen atoms in total. The van der Waals surface area contributed by atoms with Crippen molar-refractivity contribution < 1.29 is 19.4 Å². The molecule has 0 saturated heterocycles. The largest absolute Gasteiger partial charge is 0.480 e. The van der Waals surface area contributed by atoms with Crippen molar-refractivity contribution in [3.63, 3.8) is 0 Å². The summed E-state index contributed by atoms with van der Waals surface area (Å²) in [5.41, 5.74) is 0.320. The molecular formula is C10H15ClO4. The second kappa shape index (κ2) is 5.75. The summed E-state index contributed by atoms with van der Waals surface area (Å²) in [6.45, 7) is 4.78. The van der Waals surface area contributed by atoms with Crippen LogP contribution < -0.4 is 0 Å². The van der Waals surface area contributed by atoms with Crippen LogP contribution in [0.2, 0.25) is 0 Å². The zero-order valence-electron chi connectivity index (χ0n) is 9.04. The van der Waals surface area contributed by atoms with Gasteiger partial charge in [-0.2, -0.15) is 0 Å². The van der Waals surface area contributed by atoms with Crippen molar-refractivity contribution in [2.75, 3.05) is 6.61 Å². The highest BCUT2D eigenvalue weighted by Gasteiger charge is 2.42. The number of carboxylic acid groups (broad SMARTS) is 1. The van der Waals surface area contributed by atoms with Gasteiger partial charge in [-0.15, -0.1) is 0 Å². The van der Waals surface area contributed by atoms with Gasteiger partial charge in [0.25, 0.3) is 0 Å². The molecule has 0 aliphatic heterocycles. The number of aliphatic carboxylic acids is 1. The molecule has 0 aromatic rings. The highest BCUT2D eigenvalue weighted by molar-refractivity contribution is 6.25. The Morgan fingerprint density at radius 2 is 2.07 bits per heavy atom. The molecule has 0 saturated carbocycles. The predicted molar refractivity (Wildman–Crippen MR) is 56.6 cm³/mol. The summed E-state index contributed by atoms with van der Waals surface area (Å²) in [5.74, 6) is -1.95. The van der Waals surface area contributed by atoms with Crippen molar-refractivity contribution in [1.82, 2.24) is 0 Å². The molecule has 0 radical (unpaired) electrons. The summed E-state index contributed by atoms with van der Waals surface area (Å²) in [7, 11) is 0. The number of rotatable bonds is 5. The zero-order valence-corrected chi connectivity index (χ0v) is 9.80. The molecular weight excluding hydrogens is 220 g/mol. The molecule has 0 aliphatic carbocycles. The Balaban J connectivity index is 4.90. The van der Waals surface area contributed by atoms with Crippen LogP contribution in [-0.2, 0) is 14.3 Å².